The van der Waals surface area contributed by atoms with E-state index < -0.39 is 0 Å². The molecule has 2 aromatic rings. The summed E-state index contributed by atoms with van der Waals surface area (Å²) in [6.07, 6.45) is 6.27. The minimum atomic E-state index is 0.157. The lowest BCUT2D eigenvalue weighted by Crippen LogP contribution is -2.41. The van der Waals surface area contributed by atoms with Gasteiger partial charge in [-0.25, -0.2) is 9.97 Å². The van der Waals surface area contributed by atoms with E-state index in [9.17, 15) is 0 Å². The molecule has 110 valence electrons. The first kappa shape index (κ1) is 13.4. The maximum atomic E-state index is 6.27. The fourth-order valence-corrected chi connectivity index (χ4v) is 4.12. The monoisotopic (exact) mass is 301 g/mol. The van der Waals surface area contributed by atoms with Crippen molar-refractivity contribution >= 4 is 11.3 Å². The Morgan fingerprint density at radius 1 is 1.38 bits per heavy atom. The minimum Gasteiger partial charge on any atom is -0.367 e. The van der Waals surface area contributed by atoms with Crippen LogP contribution in [0.5, 0.6) is 0 Å². The van der Waals surface area contributed by atoms with E-state index in [-0.39, 0.29) is 6.10 Å². The molecule has 0 radical (unpaired) electrons. The lowest BCUT2D eigenvalue weighted by Gasteiger charge is -2.33. The number of likely N-dealkylation sites (tertiary alicyclic amines) is 1. The van der Waals surface area contributed by atoms with Crippen molar-refractivity contribution in [3.8, 4) is 0 Å². The molecule has 2 saturated heterocycles. The standard InChI is InChI=1S/C16H19N3OS/c1-4-17-11-18-14(1)15-7-13-2-5-19(9-16(13)20-15)8-12-3-6-21-10-12/h1,3-4,6,10-11,13,15-16H,2,5,7-9H2/t13-,15+,16+/m1/s1. The number of rotatable bonds is 3. The second kappa shape index (κ2) is 5.83. The Morgan fingerprint density at radius 2 is 2.38 bits per heavy atom. The van der Waals surface area contributed by atoms with Crippen molar-refractivity contribution in [3.05, 3.63) is 46.7 Å². The van der Waals surface area contributed by atoms with Gasteiger partial charge in [0.15, 0.2) is 0 Å². The summed E-state index contributed by atoms with van der Waals surface area (Å²) in [5.41, 5.74) is 2.45. The molecule has 21 heavy (non-hydrogen) atoms. The van der Waals surface area contributed by atoms with Crippen LogP contribution in [0.4, 0.5) is 0 Å². The summed E-state index contributed by atoms with van der Waals surface area (Å²) in [4.78, 5) is 10.9. The highest BCUT2D eigenvalue weighted by atomic mass is 32.1. The van der Waals surface area contributed by atoms with Gasteiger partial charge >= 0.3 is 0 Å². The van der Waals surface area contributed by atoms with Crippen LogP contribution in [0.3, 0.4) is 0 Å². The van der Waals surface area contributed by atoms with Crippen LogP contribution in [0.1, 0.15) is 30.2 Å². The number of aromatic nitrogens is 2. The van der Waals surface area contributed by atoms with Gasteiger partial charge in [0.2, 0.25) is 0 Å². The number of fused-ring (bicyclic) bond motifs is 1. The maximum Gasteiger partial charge on any atom is 0.115 e. The molecule has 0 bridgehead atoms. The molecule has 2 aliphatic heterocycles. The van der Waals surface area contributed by atoms with Crippen molar-refractivity contribution in [3.63, 3.8) is 0 Å². The van der Waals surface area contributed by atoms with E-state index >= 15 is 0 Å². The summed E-state index contributed by atoms with van der Waals surface area (Å²) in [6.45, 7) is 3.27. The van der Waals surface area contributed by atoms with Crippen molar-refractivity contribution in [2.45, 2.75) is 31.6 Å². The average molecular weight is 301 g/mol. The first-order chi connectivity index (χ1) is 10.4. The van der Waals surface area contributed by atoms with Gasteiger partial charge in [-0.2, -0.15) is 11.3 Å². The Morgan fingerprint density at radius 3 is 3.19 bits per heavy atom. The van der Waals surface area contributed by atoms with E-state index in [1.165, 1.54) is 18.5 Å². The van der Waals surface area contributed by atoms with Gasteiger partial charge in [0, 0.05) is 19.3 Å². The Balaban J connectivity index is 1.40. The van der Waals surface area contributed by atoms with Crippen LogP contribution < -0.4 is 0 Å². The molecule has 0 aliphatic carbocycles. The van der Waals surface area contributed by atoms with Gasteiger partial charge in [-0.3, -0.25) is 4.90 Å². The van der Waals surface area contributed by atoms with Crippen molar-refractivity contribution in [1.82, 2.24) is 14.9 Å². The molecule has 0 amide bonds. The van der Waals surface area contributed by atoms with E-state index in [2.05, 4.69) is 31.7 Å². The van der Waals surface area contributed by atoms with Crippen LogP contribution in [0.25, 0.3) is 0 Å². The molecule has 0 saturated carbocycles. The predicted molar refractivity (Wildman–Crippen MR) is 82.0 cm³/mol. The molecular formula is C16H19N3OS. The number of thiophene rings is 1. The molecule has 4 heterocycles. The third-order valence-corrected chi connectivity index (χ3v) is 5.29. The van der Waals surface area contributed by atoms with Crippen molar-refractivity contribution < 1.29 is 4.74 Å². The molecule has 0 unspecified atom stereocenters. The molecule has 5 heteroatoms. The number of piperidine rings is 1. The van der Waals surface area contributed by atoms with E-state index in [1.807, 2.05) is 6.07 Å². The Kier molecular flexibility index (Phi) is 3.71. The van der Waals surface area contributed by atoms with Crippen molar-refractivity contribution in [1.29, 1.82) is 0 Å². The molecule has 0 spiro atoms. The number of nitrogens with zero attached hydrogens (tertiary/aromatic N) is 3. The average Bonchev–Trinajstić information content (AvgIpc) is 3.17. The van der Waals surface area contributed by atoms with Crippen molar-refractivity contribution in [2.24, 2.45) is 5.92 Å². The van der Waals surface area contributed by atoms with Gasteiger partial charge in [0.05, 0.1) is 11.8 Å². The minimum absolute atomic E-state index is 0.157. The van der Waals surface area contributed by atoms with Crippen LogP contribution >= 0.6 is 11.3 Å². The quantitative estimate of drug-likeness (QED) is 0.874. The van der Waals surface area contributed by atoms with E-state index in [1.54, 1.807) is 23.9 Å². The van der Waals surface area contributed by atoms with Crippen LogP contribution in [0.15, 0.2) is 35.4 Å². The van der Waals surface area contributed by atoms with Crippen LogP contribution in [-0.2, 0) is 11.3 Å². The number of hydrogen-bond acceptors (Lipinski definition) is 5. The van der Waals surface area contributed by atoms with E-state index in [0.29, 0.717) is 12.0 Å². The Labute approximate surface area is 128 Å². The zero-order valence-electron chi connectivity index (χ0n) is 11.9. The SMILES string of the molecule is c1cc([C@@H]2C[C@H]3CCN(Cc4ccsc4)C[C@@H]3O2)ncn1. The van der Waals surface area contributed by atoms with Gasteiger partial charge in [0.1, 0.15) is 12.4 Å². The first-order valence-corrected chi connectivity index (χ1v) is 8.47. The molecule has 2 fully saturated rings. The number of hydrogen-bond donors (Lipinski definition) is 0. The van der Waals surface area contributed by atoms with Crippen LogP contribution in [0, 0.1) is 5.92 Å². The largest absolute Gasteiger partial charge is 0.367 e. The summed E-state index contributed by atoms with van der Waals surface area (Å²) in [6, 6.07) is 4.20. The second-order valence-corrected chi connectivity index (χ2v) is 6.73. The maximum absolute atomic E-state index is 6.27. The molecule has 0 N–H and O–H groups in total. The second-order valence-electron chi connectivity index (χ2n) is 5.95. The Bertz CT molecular complexity index is 574. The topological polar surface area (TPSA) is 38.2 Å². The molecule has 0 aromatic carbocycles. The molecule has 4 rings (SSSR count). The lowest BCUT2D eigenvalue weighted by atomic mass is 9.91. The molecule has 2 aromatic heterocycles. The third kappa shape index (κ3) is 2.86. The third-order valence-electron chi connectivity index (χ3n) is 4.56. The number of ether oxygens (including phenoxy) is 1. The summed E-state index contributed by atoms with van der Waals surface area (Å²) >= 11 is 1.77. The van der Waals surface area contributed by atoms with Gasteiger partial charge in [-0.05, 0) is 53.8 Å². The summed E-state index contributed by atoms with van der Waals surface area (Å²) in [7, 11) is 0. The molecule has 2 aliphatic rings. The van der Waals surface area contributed by atoms with Gasteiger partial charge in [-0.15, -0.1) is 0 Å². The van der Waals surface area contributed by atoms with E-state index in [4.69, 9.17) is 4.74 Å². The van der Waals surface area contributed by atoms with Gasteiger partial charge in [0.25, 0.3) is 0 Å². The molecule has 4 nitrogen and oxygen atoms in total. The van der Waals surface area contributed by atoms with Crippen molar-refractivity contribution in [2.75, 3.05) is 13.1 Å². The first-order valence-electron chi connectivity index (χ1n) is 7.53. The zero-order valence-corrected chi connectivity index (χ0v) is 12.7. The highest BCUT2D eigenvalue weighted by molar-refractivity contribution is 7.07. The Hall–Kier alpha value is -1.30. The predicted octanol–water partition coefficient (Wildman–Crippen LogP) is 2.89. The fourth-order valence-electron chi connectivity index (χ4n) is 3.46. The molecular weight excluding hydrogens is 282 g/mol. The van der Waals surface area contributed by atoms with Crippen LogP contribution in [-0.4, -0.2) is 34.1 Å². The lowest BCUT2D eigenvalue weighted by molar-refractivity contribution is -0.0106. The summed E-state index contributed by atoms with van der Waals surface area (Å²) < 4.78 is 6.27. The fraction of sp³-hybridized carbons (Fsp3) is 0.500. The van der Waals surface area contributed by atoms with E-state index in [0.717, 1.165) is 25.2 Å². The van der Waals surface area contributed by atoms with Gasteiger partial charge in [-0.1, -0.05) is 0 Å². The van der Waals surface area contributed by atoms with Crippen LogP contribution in [0.2, 0.25) is 0 Å². The molecule has 3 atom stereocenters. The highest BCUT2D eigenvalue weighted by Gasteiger charge is 2.39. The van der Waals surface area contributed by atoms with Gasteiger partial charge < -0.3 is 4.74 Å². The highest BCUT2D eigenvalue weighted by Crippen LogP contribution is 2.40. The normalized spacial score (nSPS) is 29.4. The smallest absolute Gasteiger partial charge is 0.115 e. The zero-order chi connectivity index (χ0) is 14.1. The summed E-state index contributed by atoms with van der Waals surface area (Å²) in [5, 5.41) is 4.39. The summed E-state index contributed by atoms with van der Waals surface area (Å²) in [5.74, 6) is 0.684.